The Hall–Kier alpha value is -0.280. The third-order valence-corrected chi connectivity index (χ3v) is 3.38. The molecule has 4 heteroatoms. The maximum absolute atomic E-state index is 12.6. The minimum atomic E-state index is 0.172. The lowest BCUT2D eigenvalue weighted by atomic mass is 9.96. The van der Waals surface area contributed by atoms with Gasteiger partial charge in [-0.3, -0.25) is 4.79 Å². The fourth-order valence-corrected chi connectivity index (χ4v) is 2.37. The van der Waals surface area contributed by atoms with Gasteiger partial charge in [-0.15, -0.1) is 11.6 Å². The third kappa shape index (κ3) is 7.78. The van der Waals surface area contributed by atoms with Gasteiger partial charge < -0.3 is 9.64 Å². The summed E-state index contributed by atoms with van der Waals surface area (Å²) in [7, 11) is 0. The normalized spacial score (nSPS) is 11.3. The highest BCUT2D eigenvalue weighted by atomic mass is 35.5. The summed E-state index contributed by atoms with van der Waals surface area (Å²) in [4.78, 5) is 14.5. The first-order valence-electron chi connectivity index (χ1n) is 7.52. The molecule has 0 radical (unpaired) electrons. The summed E-state index contributed by atoms with van der Waals surface area (Å²) in [5, 5.41) is 0. The number of amides is 1. The Morgan fingerprint density at radius 3 is 2.16 bits per heavy atom. The van der Waals surface area contributed by atoms with Crippen molar-refractivity contribution in [2.75, 3.05) is 25.6 Å². The molecule has 0 bridgehead atoms. The highest BCUT2D eigenvalue weighted by Crippen LogP contribution is 2.18. The highest BCUT2D eigenvalue weighted by Gasteiger charge is 2.24. The minimum absolute atomic E-state index is 0.172. The topological polar surface area (TPSA) is 29.5 Å². The van der Waals surface area contributed by atoms with E-state index in [1.54, 1.807) is 0 Å². The Kier molecular flexibility index (Phi) is 11.4. The predicted octanol–water partition coefficient (Wildman–Crippen LogP) is 3.70. The average Bonchev–Trinajstić information content (AvgIpc) is 2.37. The number of alkyl halides is 1. The van der Waals surface area contributed by atoms with Crippen molar-refractivity contribution in [2.24, 2.45) is 5.92 Å². The number of rotatable bonds is 11. The Labute approximate surface area is 123 Å². The van der Waals surface area contributed by atoms with Crippen molar-refractivity contribution in [3.63, 3.8) is 0 Å². The molecule has 0 heterocycles. The third-order valence-electron chi connectivity index (χ3n) is 3.23. The molecule has 0 aliphatic rings. The van der Waals surface area contributed by atoms with Gasteiger partial charge in [-0.1, -0.05) is 26.7 Å². The van der Waals surface area contributed by atoms with E-state index in [-0.39, 0.29) is 17.9 Å². The molecule has 0 fully saturated rings. The molecule has 3 nitrogen and oxygen atoms in total. The summed E-state index contributed by atoms with van der Waals surface area (Å²) in [6.45, 7) is 10.2. The van der Waals surface area contributed by atoms with Crippen molar-refractivity contribution >= 4 is 17.5 Å². The molecule has 0 aliphatic heterocycles. The lowest BCUT2D eigenvalue weighted by Gasteiger charge is -2.30. The van der Waals surface area contributed by atoms with Crippen LogP contribution >= 0.6 is 11.6 Å². The van der Waals surface area contributed by atoms with Crippen LogP contribution in [0, 0.1) is 5.92 Å². The van der Waals surface area contributed by atoms with Gasteiger partial charge in [0.2, 0.25) is 5.91 Å². The summed E-state index contributed by atoms with van der Waals surface area (Å²) >= 11 is 5.57. The van der Waals surface area contributed by atoms with E-state index in [4.69, 9.17) is 16.3 Å². The van der Waals surface area contributed by atoms with Gasteiger partial charge in [-0.2, -0.15) is 0 Å². The van der Waals surface area contributed by atoms with Gasteiger partial charge in [0.25, 0.3) is 0 Å². The van der Waals surface area contributed by atoms with E-state index in [1.807, 2.05) is 4.90 Å². The van der Waals surface area contributed by atoms with E-state index >= 15 is 0 Å². The van der Waals surface area contributed by atoms with Crippen LogP contribution in [0.3, 0.4) is 0 Å². The van der Waals surface area contributed by atoms with Gasteiger partial charge in [0.15, 0.2) is 0 Å². The molecule has 0 aromatic rings. The van der Waals surface area contributed by atoms with Crippen LogP contribution in [-0.2, 0) is 9.53 Å². The summed E-state index contributed by atoms with van der Waals surface area (Å²) < 4.78 is 5.39. The minimum Gasteiger partial charge on any atom is -0.378 e. The van der Waals surface area contributed by atoms with Crippen molar-refractivity contribution in [1.82, 2.24) is 4.90 Å². The van der Waals surface area contributed by atoms with Crippen LogP contribution < -0.4 is 0 Å². The van der Waals surface area contributed by atoms with Gasteiger partial charge in [0, 0.05) is 24.4 Å². The molecule has 114 valence electrons. The van der Waals surface area contributed by atoms with Crippen molar-refractivity contribution in [3.8, 4) is 0 Å². The Morgan fingerprint density at radius 1 is 1.16 bits per heavy atom. The number of hydrogen-bond acceptors (Lipinski definition) is 2. The largest absolute Gasteiger partial charge is 0.378 e. The molecule has 0 rings (SSSR count). The smallest absolute Gasteiger partial charge is 0.225 e. The van der Waals surface area contributed by atoms with Gasteiger partial charge in [0.05, 0.1) is 13.2 Å². The molecule has 1 amide bonds. The monoisotopic (exact) mass is 291 g/mol. The van der Waals surface area contributed by atoms with Gasteiger partial charge >= 0.3 is 0 Å². The molecule has 0 atom stereocenters. The summed E-state index contributed by atoms with van der Waals surface area (Å²) in [5.74, 6) is 0.961. The molecule has 0 aliphatic carbocycles. The molecule has 0 saturated heterocycles. The summed E-state index contributed by atoms with van der Waals surface area (Å²) in [6, 6.07) is 0.225. The maximum atomic E-state index is 12.6. The lowest BCUT2D eigenvalue weighted by Crippen LogP contribution is -2.43. The number of carbonyl (C=O) groups is 1. The first kappa shape index (κ1) is 18.7. The van der Waals surface area contributed by atoms with Crippen LogP contribution in [0.25, 0.3) is 0 Å². The van der Waals surface area contributed by atoms with Crippen LogP contribution in [0.4, 0.5) is 0 Å². The molecule has 0 spiro atoms. The van der Waals surface area contributed by atoms with Crippen LogP contribution in [0.1, 0.15) is 53.4 Å². The molecule has 0 unspecified atom stereocenters. The van der Waals surface area contributed by atoms with Crippen molar-refractivity contribution in [1.29, 1.82) is 0 Å². The lowest BCUT2D eigenvalue weighted by molar-refractivity contribution is -0.138. The molecular weight excluding hydrogens is 262 g/mol. The molecule has 0 N–H and O–H groups in total. The van der Waals surface area contributed by atoms with E-state index < -0.39 is 0 Å². The van der Waals surface area contributed by atoms with Gasteiger partial charge in [-0.05, 0) is 26.7 Å². The standard InChI is InChI=1S/C15H30ClNO2/c1-5-7-14(8-6-2)15(18)17(13(3)4)10-12-19-11-9-16/h13-14H,5-12H2,1-4H3. The Balaban J connectivity index is 4.43. The van der Waals surface area contributed by atoms with E-state index in [0.29, 0.717) is 25.6 Å². The zero-order valence-corrected chi connectivity index (χ0v) is 13.7. The fourth-order valence-electron chi connectivity index (χ4n) is 2.27. The fraction of sp³-hybridized carbons (Fsp3) is 0.933. The highest BCUT2D eigenvalue weighted by molar-refractivity contribution is 6.17. The van der Waals surface area contributed by atoms with E-state index in [1.165, 1.54) is 0 Å². The van der Waals surface area contributed by atoms with Crippen LogP contribution in [0.15, 0.2) is 0 Å². The van der Waals surface area contributed by atoms with Crippen molar-refractivity contribution in [2.45, 2.75) is 59.4 Å². The molecule has 0 saturated carbocycles. The zero-order valence-electron chi connectivity index (χ0n) is 13.0. The number of ether oxygens (including phenoxy) is 1. The van der Waals surface area contributed by atoms with E-state index in [0.717, 1.165) is 25.7 Å². The number of nitrogens with zero attached hydrogens (tertiary/aromatic N) is 1. The van der Waals surface area contributed by atoms with Crippen molar-refractivity contribution < 1.29 is 9.53 Å². The number of halogens is 1. The van der Waals surface area contributed by atoms with Crippen LogP contribution in [0.2, 0.25) is 0 Å². The Morgan fingerprint density at radius 2 is 1.74 bits per heavy atom. The quantitative estimate of drug-likeness (QED) is 0.429. The molecule has 19 heavy (non-hydrogen) atoms. The van der Waals surface area contributed by atoms with Crippen LogP contribution in [-0.4, -0.2) is 42.5 Å². The number of carbonyl (C=O) groups excluding carboxylic acids is 1. The summed E-state index contributed by atoms with van der Waals surface area (Å²) in [5.41, 5.74) is 0. The van der Waals surface area contributed by atoms with Crippen LogP contribution in [0.5, 0.6) is 0 Å². The van der Waals surface area contributed by atoms with E-state index in [2.05, 4.69) is 27.7 Å². The second-order valence-corrected chi connectivity index (χ2v) is 5.58. The first-order chi connectivity index (χ1) is 9.08. The molecule has 0 aromatic carbocycles. The molecule has 0 aromatic heterocycles. The number of hydrogen-bond donors (Lipinski definition) is 0. The van der Waals surface area contributed by atoms with Crippen molar-refractivity contribution in [3.05, 3.63) is 0 Å². The SMILES string of the molecule is CCCC(CCC)C(=O)N(CCOCCCl)C(C)C. The first-order valence-corrected chi connectivity index (χ1v) is 8.06. The average molecular weight is 292 g/mol. The second-order valence-electron chi connectivity index (χ2n) is 5.20. The predicted molar refractivity (Wildman–Crippen MR) is 81.7 cm³/mol. The molecular formula is C15H30ClNO2. The Bertz CT molecular complexity index is 228. The summed E-state index contributed by atoms with van der Waals surface area (Å²) in [6.07, 6.45) is 4.09. The zero-order chi connectivity index (χ0) is 14.7. The second kappa shape index (κ2) is 11.5. The maximum Gasteiger partial charge on any atom is 0.225 e. The van der Waals surface area contributed by atoms with E-state index in [9.17, 15) is 4.79 Å². The van der Waals surface area contributed by atoms with Gasteiger partial charge in [-0.25, -0.2) is 0 Å². The van der Waals surface area contributed by atoms with Gasteiger partial charge in [0.1, 0.15) is 0 Å².